The number of hydrogen-bond acceptors (Lipinski definition) is 4. The van der Waals surface area contributed by atoms with Crippen molar-refractivity contribution in [1.82, 2.24) is 9.80 Å². The first-order valence-electron chi connectivity index (χ1n) is 14.3. The van der Waals surface area contributed by atoms with Crippen LogP contribution in [0, 0.1) is 12.3 Å². The van der Waals surface area contributed by atoms with Crippen molar-refractivity contribution in [2.45, 2.75) is 90.9 Å². The molecular weight excluding hydrogens is 476 g/mol. The largest absolute Gasteiger partial charge is 0.274 e. The van der Waals surface area contributed by atoms with Crippen molar-refractivity contribution in [2.75, 3.05) is 13.1 Å². The molecule has 2 aromatic carbocycles. The van der Waals surface area contributed by atoms with E-state index in [0.717, 1.165) is 64.2 Å². The average Bonchev–Trinajstić information content (AvgIpc) is 2.92. The second-order valence-electron chi connectivity index (χ2n) is 10.5. The van der Waals surface area contributed by atoms with Gasteiger partial charge >= 0.3 is 0 Å². The summed E-state index contributed by atoms with van der Waals surface area (Å²) >= 11 is 0. The van der Waals surface area contributed by atoms with E-state index in [1.165, 1.54) is 22.6 Å². The number of benzene rings is 2. The van der Waals surface area contributed by atoms with Crippen LogP contribution in [0.15, 0.2) is 18.2 Å². The first-order valence-corrected chi connectivity index (χ1v) is 14.3. The molecular formula is C32H38N2O4. The van der Waals surface area contributed by atoms with E-state index in [-0.39, 0.29) is 11.5 Å². The van der Waals surface area contributed by atoms with Crippen molar-refractivity contribution in [1.29, 1.82) is 0 Å². The Hall–Kier alpha value is -3.46. The summed E-state index contributed by atoms with van der Waals surface area (Å²) in [6.07, 6.45) is 18.3. The fourth-order valence-corrected chi connectivity index (χ4v) is 5.69. The second-order valence-corrected chi connectivity index (χ2v) is 10.5. The summed E-state index contributed by atoms with van der Waals surface area (Å²) in [6.45, 7) is 4.99. The molecule has 0 aromatic heterocycles. The zero-order valence-corrected chi connectivity index (χ0v) is 22.7. The summed E-state index contributed by atoms with van der Waals surface area (Å²) in [5.74, 6) is 0.954. The van der Waals surface area contributed by atoms with Crippen LogP contribution >= 0.6 is 0 Å². The second kappa shape index (κ2) is 12.4. The molecule has 4 rings (SSSR count). The van der Waals surface area contributed by atoms with E-state index in [1.807, 2.05) is 0 Å². The topological polar surface area (TPSA) is 74.8 Å². The fraction of sp³-hybridized carbons (Fsp3) is 0.500. The third-order valence-electron chi connectivity index (χ3n) is 7.79. The number of imide groups is 2. The number of carbonyl (C=O) groups excluding carboxylic acids is 4. The fourth-order valence-electron chi connectivity index (χ4n) is 5.69. The van der Waals surface area contributed by atoms with Gasteiger partial charge in [-0.1, -0.05) is 84.0 Å². The zero-order valence-electron chi connectivity index (χ0n) is 22.7. The minimum atomic E-state index is -0.442. The van der Waals surface area contributed by atoms with E-state index >= 15 is 0 Å². The third kappa shape index (κ3) is 5.12. The lowest BCUT2D eigenvalue weighted by Crippen LogP contribution is -2.44. The average molecular weight is 515 g/mol. The van der Waals surface area contributed by atoms with Crippen molar-refractivity contribution in [3.8, 4) is 12.3 Å². The summed E-state index contributed by atoms with van der Waals surface area (Å²) < 4.78 is 0. The number of unbranched alkanes of at least 4 members (excludes halogenated alkanes) is 10. The number of carbonyl (C=O) groups is 4. The van der Waals surface area contributed by atoms with Gasteiger partial charge in [0.15, 0.2) is 0 Å². The maximum Gasteiger partial charge on any atom is 0.262 e. The monoisotopic (exact) mass is 514 g/mol. The van der Waals surface area contributed by atoms with Crippen LogP contribution in [0.1, 0.15) is 138 Å². The Morgan fingerprint density at radius 2 is 1.05 bits per heavy atom. The maximum absolute atomic E-state index is 13.6. The van der Waals surface area contributed by atoms with Crippen LogP contribution in [0.25, 0.3) is 10.8 Å². The van der Waals surface area contributed by atoms with Crippen LogP contribution in [-0.4, -0.2) is 46.5 Å². The highest BCUT2D eigenvalue weighted by Gasteiger charge is 2.40. The maximum atomic E-state index is 13.6. The predicted molar refractivity (Wildman–Crippen MR) is 149 cm³/mol. The molecule has 0 fully saturated rings. The molecule has 0 saturated carbocycles. The van der Waals surface area contributed by atoms with Gasteiger partial charge < -0.3 is 0 Å². The molecule has 6 heteroatoms. The molecule has 0 aliphatic carbocycles. The molecule has 200 valence electrons. The number of amides is 4. The Morgan fingerprint density at radius 1 is 0.605 bits per heavy atom. The molecule has 0 radical (unpaired) electrons. The molecule has 2 heterocycles. The molecule has 2 aliphatic rings. The Kier molecular flexibility index (Phi) is 8.99. The molecule has 2 aromatic rings. The molecule has 0 bridgehead atoms. The van der Waals surface area contributed by atoms with E-state index in [4.69, 9.17) is 6.42 Å². The summed E-state index contributed by atoms with van der Waals surface area (Å²) in [5, 5.41) is 0.731. The lowest BCUT2D eigenvalue weighted by atomic mass is 9.83. The van der Waals surface area contributed by atoms with E-state index in [2.05, 4.69) is 19.8 Å². The zero-order chi connectivity index (χ0) is 27.2. The molecule has 4 amide bonds. The normalized spacial score (nSPS) is 14.6. The van der Waals surface area contributed by atoms with Crippen molar-refractivity contribution in [3.63, 3.8) is 0 Å². The molecule has 0 unspecified atom stereocenters. The van der Waals surface area contributed by atoms with Gasteiger partial charge in [0.25, 0.3) is 23.6 Å². The number of terminal acetylenes is 1. The minimum Gasteiger partial charge on any atom is -0.274 e. The van der Waals surface area contributed by atoms with Gasteiger partial charge in [-0.15, -0.1) is 6.42 Å². The van der Waals surface area contributed by atoms with E-state index in [9.17, 15) is 19.2 Å². The lowest BCUT2D eigenvalue weighted by Gasteiger charge is -2.32. The van der Waals surface area contributed by atoms with Crippen LogP contribution in [0.2, 0.25) is 0 Å². The Bertz CT molecular complexity index is 1300. The molecule has 0 atom stereocenters. The summed E-state index contributed by atoms with van der Waals surface area (Å²) in [7, 11) is 0. The van der Waals surface area contributed by atoms with Gasteiger partial charge in [-0.05, 0) is 31.0 Å². The Balaban J connectivity index is 1.63. The van der Waals surface area contributed by atoms with E-state index in [1.54, 1.807) is 18.2 Å². The summed E-state index contributed by atoms with van der Waals surface area (Å²) in [4.78, 5) is 56.6. The van der Waals surface area contributed by atoms with Crippen LogP contribution < -0.4 is 0 Å². The van der Waals surface area contributed by atoms with E-state index in [0.29, 0.717) is 46.1 Å². The molecule has 0 N–H and O–H groups in total. The van der Waals surface area contributed by atoms with Crippen molar-refractivity contribution in [2.24, 2.45) is 0 Å². The molecule has 38 heavy (non-hydrogen) atoms. The van der Waals surface area contributed by atoms with Crippen molar-refractivity contribution in [3.05, 3.63) is 46.0 Å². The van der Waals surface area contributed by atoms with Crippen LogP contribution in [-0.2, 0) is 0 Å². The number of rotatable bonds is 14. The van der Waals surface area contributed by atoms with Gasteiger partial charge in [-0.2, -0.15) is 0 Å². The van der Waals surface area contributed by atoms with E-state index < -0.39 is 17.7 Å². The van der Waals surface area contributed by atoms with Crippen LogP contribution in [0.4, 0.5) is 0 Å². The molecule has 6 nitrogen and oxygen atoms in total. The summed E-state index contributed by atoms with van der Waals surface area (Å²) in [6, 6.07) is 4.80. The molecule has 0 spiro atoms. The SMILES string of the molecule is C#Cc1cc2c3c(ccc4c3c1C(=O)N(CCCCCCCC)C4=O)C(=O)N(CCCCCCCC)C2=O. The van der Waals surface area contributed by atoms with Crippen LogP contribution in [0.5, 0.6) is 0 Å². The van der Waals surface area contributed by atoms with Gasteiger partial charge in [0.05, 0.1) is 5.56 Å². The van der Waals surface area contributed by atoms with Crippen molar-refractivity contribution < 1.29 is 19.2 Å². The molecule has 0 saturated heterocycles. The Morgan fingerprint density at radius 3 is 1.58 bits per heavy atom. The highest BCUT2D eigenvalue weighted by Crippen LogP contribution is 2.39. The first kappa shape index (κ1) is 27.6. The van der Waals surface area contributed by atoms with Crippen LogP contribution in [0.3, 0.4) is 0 Å². The number of nitrogens with zero attached hydrogens (tertiary/aromatic N) is 2. The first-order chi connectivity index (χ1) is 18.5. The van der Waals surface area contributed by atoms with Gasteiger partial charge in [0, 0.05) is 46.1 Å². The predicted octanol–water partition coefficient (Wildman–Crippen LogP) is 6.73. The summed E-state index contributed by atoms with van der Waals surface area (Å²) in [5.41, 5.74) is 1.51. The Labute approximate surface area is 225 Å². The smallest absolute Gasteiger partial charge is 0.262 e. The van der Waals surface area contributed by atoms with Gasteiger partial charge in [0.1, 0.15) is 0 Å². The van der Waals surface area contributed by atoms with Gasteiger partial charge in [-0.25, -0.2) is 0 Å². The highest BCUT2D eigenvalue weighted by atomic mass is 16.2. The number of hydrogen-bond donors (Lipinski definition) is 0. The minimum absolute atomic E-state index is 0.249. The third-order valence-corrected chi connectivity index (χ3v) is 7.79. The quantitative estimate of drug-likeness (QED) is 0.159. The van der Waals surface area contributed by atoms with Gasteiger partial charge in [0.2, 0.25) is 0 Å². The van der Waals surface area contributed by atoms with Crippen molar-refractivity contribution >= 4 is 34.4 Å². The molecule has 2 aliphatic heterocycles. The highest BCUT2D eigenvalue weighted by molar-refractivity contribution is 6.33. The standard InChI is InChI=1S/C32H38N2O4/c1-4-7-9-11-13-15-19-33-29(35)23-17-18-24-28-26(22(6-3)21-25(27(23)28)31(33)37)32(38)34(30(24)36)20-16-14-12-10-8-5-2/h3,17-18,21H,4-5,7-16,19-20H2,1-2H3. The lowest BCUT2D eigenvalue weighted by molar-refractivity contribution is 0.0586. The van der Waals surface area contributed by atoms with Gasteiger partial charge in [-0.3, -0.25) is 29.0 Å².